The van der Waals surface area contributed by atoms with Gasteiger partial charge >= 0.3 is 0 Å². The third-order valence-corrected chi connectivity index (χ3v) is 5.27. The molecule has 4 rings (SSSR count). The van der Waals surface area contributed by atoms with Gasteiger partial charge in [0.05, 0.1) is 5.66 Å². The molecule has 1 aliphatic heterocycles. The Morgan fingerprint density at radius 3 is 2.80 bits per heavy atom. The van der Waals surface area contributed by atoms with E-state index in [2.05, 4.69) is 15.3 Å². The number of pyridine rings is 1. The Hall–Kier alpha value is -2.61. The molecule has 8 nitrogen and oxygen atoms in total. The van der Waals surface area contributed by atoms with Crippen LogP contribution in [-0.4, -0.2) is 19.5 Å². The predicted octanol–water partition coefficient (Wildman–Crippen LogP) is 1.13. The van der Waals surface area contributed by atoms with Crippen LogP contribution in [0.5, 0.6) is 0 Å². The van der Waals surface area contributed by atoms with Gasteiger partial charge in [0.15, 0.2) is 5.49 Å². The Bertz CT molecular complexity index is 953. The third-order valence-electron chi connectivity index (χ3n) is 5.27. The van der Waals surface area contributed by atoms with Gasteiger partial charge in [0, 0.05) is 18.3 Å². The second-order valence-electron chi connectivity index (χ2n) is 6.87. The molecule has 3 heterocycles. The monoisotopic (exact) mass is 342 g/mol. The second kappa shape index (κ2) is 5.73. The Labute approximate surface area is 144 Å². The smallest absolute Gasteiger partial charge is 0.278 e. The van der Waals surface area contributed by atoms with Crippen molar-refractivity contribution in [2.24, 2.45) is 4.99 Å². The Kier molecular flexibility index (Phi) is 3.64. The van der Waals surface area contributed by atoms with Gasteiger partial charge in [0.1, 0.15) is 17.8 Å². The van der Waals surface area contributed by atoms with Crippen LogP contribution in [0.4, 0.5) is 11.5 Å². The third kappa shape index (κ3) is 2.53. The van der Waals surface area contributed by atoms with E-state index in [0.29, 0.717) is 22.5 Å². The Morgan fingerprint density at radius 1 is 1.32 bits per heavy atom. The summed E-state index contributed by atoms with van der Waals surface area (Å²) in [6, 6.07) is 3.23. The number of nitrogens with one attached hydrogen (secondary N) is 1. The average molecular weight is 342 g/mol. The van der Waals surface area contributed by atoms with E-state index in [1.54, 1.807) is 6.07 Å². The highest BCUT2D eigenvalue weighted by molar-refractivity contribution is 5.42. The molecule has 2 aromatic rings. The molecule has 25 heavy (non-hydrogen) atoms. The largest absolute Gasteiger partial charge is 0.426 e. The number of fused-ring (bicyclic) bond motifs is 2. The molecule has 1 fully saturated rings. The first-order chi connectivity index (χ1) is 12.0. The minimum absolute atomic E-state index is 0.103. The lowest BCUT2D eigenvalue weighted by Crippen LogP contribution is -2.47. The van der Waals surface area contributed by atoms with Crippen molar-refractivity contribution in [3.8, 4) is 0 Å². The highest BCUT2D eigenvalue weighted by Gasteiger charge is 2.40. The van der Waals surface area contributed by atoms with E-state index >= 15 is 0 Å². The van der Waals surface area contributed by atoms with Gasteiger partial charge in [0.2, 0.25) is 0 Å². The van der Waals surface area contributed by atoms with Crippen molar-refractivity contribution < 1.29 is 5.21 Å². The lowest BCUT2D eigenvalue weighted by Gasteiger charge is -2.35. The van der Waals surface area contributed by atoms with Crippen molar-refractivity contribution in [3.05, 3.63) is 45.6 Å². The van der Waals surface area contributed by atoms with Crippen LogP contribution in [0.3, 0.4) is 0 Å². The zero-order valence-electron chi connectivity index (χ0n) is 14.2. The number of nitrogens with zero attached hydrogens (tertiary/aromatic N) is 4. The average Bonchev–Trinajstić information content (AvgIpc) is 2.96. The number of aromatic nitrogens is 3. The van der Waals surface area contributed by atoms with Crippen molar-refractivity contribution in [2.75, 3.05) is 5.73 Å². The molecule has 1 saturated carbocycles. The fourth-order valence-corrected chi connectivity index (χ4v) is 3.98. The van der Waals surface area contributed by atoms with Crippen LogP contribution in [0.2, 0.25) is 0 Å². The maximum atomic E-state index is 13.2. The van der Waals surface area contributed by atoms with Gasteiger partial charge in [-0.1, -0.05) is 6.42 Å². The molecule has 0 unspecified atom stereocenters. The summed E-state index contributed by atoms with van der Waals surface area (Å²) in [4.78, 5) is 21.5. The molecule has 0 radical (unpaired) electrons. The van der Waals surface area contributed by atoms with E-state index in [1.807, 2.05) is 11.5 Å². The van der Waals surface area contributed by atoms with Gasteiger partial charge in [-0.15, -0.1) is 0 Å². The highest BCUT2D eigenvalue weighted by Crippen LogP contribution is 2.37. The van der Waals surface area contributed by atoms with Crippen LogP contribution in [0.1, 0.15) is 43.4 Å². The molecule has 8 heteroatoms. The number of rotatable bonds is 1. The van der Waals surface area contributed by atoms with E-state index < -0.39 is 0 Å². The lowest BCUT2D eigenvalue weighted by molar-refractivity contribution is 0.165. The van der Waals surface area contributed by atoms with Gasteiger partial charge in [-0.25, -0.2) is 9.98 Å². The molecule has 0 bridgehead atoms. The zero-order valence-corrected chi connectivity index (χ0v) is 14.2. The molecule has 0 atom stereocenters. The standard InChI is InChI=1S/C17H22N6O2/c1-11-7-12(21-15-8-14(18)22(25)10-19-15)16(24)23-13(11)9-20-17(23)5-3-2-4-6-17/h7-8,10,20,25H,2-6,9,18H2,1H3. The van der Waals surface area contributed by atoms with E-state index in [1.165, 1.54) is 12.5 Å². The van der Waals surface area contributed by atoms with Crippen LogP contribution < -0.4 is 22.1 Å². The second-order valence-corrected chi connectivity index (χ2v) is 6.87. The van der Waals surface area contributed by atoms with E-state index in [0.717, 1.165) is 43.3 Å². The number of nitrogen functional groups attached to an aromatic ring is 1. The van der Waals surface area contributed by atoms with Crippen molar-refractivity contribution in [2.45, 2.75) is 51.2 Å². The summed E-state index contributed by atoms with van der Waals surface area (Å²) in [5.41, 5.74) is 8.00. The molecular formula is C17H22N6O2. The minimum atomic E-state index is -0.280. The molecule has 132 valence electrons. The van der Waals surface area contributed by atoms with Gasteiger partial charge in [0.25, 0.3) is 5.56 Å². The predicted molar refractivity (Wildman–Crippen MR) is 92.4 cm³/mol. The van der Waals surface area contributed by atoms with Crippen molar-refractivity contribution >= 4 is 11.5 Å². The van der Waals surface area contributed by atoms with Crippen LogP contribution in [0.15, 0.2) is 28.2 Å². The van der Waals surface area contributed by atoms with Crippen LogP contribution in [-0.2, 0) is 12.2 Å². The van der Waals surface area contributed by atoms with Crippen molar-refractivity contribution in [1.82, 2.24) is 19.6 Å². The van der Waals surface area contributed by atoms with E-state index in [9.17, 15) is 10.0 Å². The Morgan fingerprint density at radius 2 is 2.08 bits per heavy atom. The molecule has 4 N–H and O–H groups in total. The molecule has 1 spiro atoms. The summed E-state index contributed by atoms with van der Waals surface area (Å²) in [5, 5.41) is 13.0. The van der Waals surface area contributed by atoms with Gasteiger partial charge in [-0.3, -0.25) is 14.7 Å². The summed E-state index contributed by atoms with van der Waals surface area (Å²) >= 11 is 0. The molecule has 0 aromatic carbocycles. The Balaban J connectivity index is 1.89. The van der Waals surface area contributed by atoms with Crippen LogP contribution in [0.25, 0.3) is 0 Å². The van der Waals surface area contributed by atoms with E-state index in [-0.39, 0.29) is 17.0 Å². The zero-order chi connectivity index (χ0) is 17.6. The topological polar surface area (TPSA) is 110 Å². The van der Waals surface area contributed by atoms with E-state index in [4.69, 9.17) is 5.73 Å². The first kappa shape index (κ1) is 15.9. The maximum Gasteiger partial charge on any atom is 0.278 e. The van der Waals surface area contributed by atoms with Crippen molar-refractivity contribution in [1.29, 1.82) is 0 Å². The molecule has 2 aliphatic rings. The van der Waals surface area contributed by atoms with Gasteiger partial charge in [-0.05, 0) is 44.2 Å². The van der Waals surface area contributed by atoms with Crippen molar-refractivity contribution in [3.63, 3.8) is 0 Å². The first-order valence-corrected chi connectivity index (χ1v) is 8.59. The summed E-state index contributed by atoms with van der Waals surface area (Å²) in [6.07, 6.45) is 6.54. The number of anilines is 1. The molecule has 1 aliphatic carbocycles. The summed E-state index contributed by atoms with van der Waals surface area (Å²) in [5.74, 6) is 0.108. The van der Waals surface area contributed by atoms with Crippen LogP contribution >= 0.6 is 0 Å². The number of hydrogen-bond acceptors (Lipinski definition) is 6. The fraction of sp³-hybridized carbons (Fsp3) is 0.471. The lowest BCUT2D eigenvalue weighted by atomic mass is 9.89. The molecule has 2 aromatic heterocycles. The molecule has 0 amide bonds. The highest BCUT2D eigenvalue weighted by atomic mass is 16.5. The van der Waals surface area contributed by atoms with Gasteiger partial charge in [-0.2, -0.15) is 4.73 Å². The number of aryl methyl sites for hydroxylation is 1. The summed E-state index contributed by atoms with van der Waals surface area (Å²) in [7, 11) is 0. The minimum Gasteiger partial charge on any atom is -0.426 e. The normalized spacial score (nSPS) is 19.3. The molecule has 0 saturated heterocycles. The fourth-order valence-electron chi connectivity index (χ4n) is 3.98. The quantitative estimate of drug-likeness (QED) is 0.673. The summed E-state index contributed by atoms with van der Waals surface area (Å²) in [6.45, 7) is 2.71. The van der Waals surface area contributed by atoms with Gasteiger partial charge < -0.3 is 10.9 Å². The SMILES string of the molecule is Cc1cc(N=c2cc(N)n(O)cn2)c(=O)n2c1CNC21CCCCC1. The summed E-state index contributed by atoms with van der Waals surface area (Å²) < 4.78 is 2.62. The maximum absolute atomic E-state index is 13.2. The number of nitrogens with two attached hydrogens (primary N) is 1. The van der Waals surface area contributed by atoms with Crippen LogP contribution in [0, 0.1) is 6.92 Å². The number of hydrogen-bond donors (Lipinski definition) is 3. The first-order valence-electron chi connectivity index (χ1n) is 8.59. The molecular weight excluding hydrogens is 320 g/mol.